The molecule has 0 spiro atoms. The SMILES string of the molecule is CCCNC(=NC)NCC1(N2CCSCC2)CCCCC1. The van der Waals surface area contributed by atoms with Crippen LogP contribution >= 0.6 is 11.8 Å². The lowest BCUT2D eigenvalue weighted by atomic mass is 9.80. The molecule has 0 aromatic rings. The van der Waals surface area contributed by atoms with E-state index in [2.05, 4.69) is 39.2 Å². The van der Waals surface area contributed by atoms with Crippen molar-refractivity contribution in [1.82, 2.24) is 15.5 Å². The Morgan fingerprint density at radius 1 is 1.14 bits per heavy atom. The van der Waals surface area contributed by atoms with Crippen molar-refractivity contribution >= 4 is 17.7 Å². The van der Waals surface area contributed by atoms with Gasteiger partial charge in [-0.2, -0.15) is 11.8 Å². The van der Waals surface area contributed by atoms with Crippen molar-refractivity contribution < 1.29 is 0 Å². The van der Waals surface area contributed by atoms with Crippen molar-refractivity contribution in [2.45, 2.75) is 51.0 Å². The van der Waals surface area contributed by atoms with E-state index in [0.717, 1.165) is 25.5 Å². The molecule has 2 fully saturated rings. The molecule has 0 aromatic heterocycles. The largest absolute Gasteiger partial charge is 0.356 e. The molecule has 2 aliphatic rings. The van der Waals surface area contributed by atoms with Crippen molar-refractivity contribution in [3.63, 3.8) is 0 Å². The smallest absolute Gasteiger partial charge is 0.191 e. The lowest BCUT2D eigenvalue weighted by molar-refractivity contribution is 0.0626. The summed E-state index contributed by atoms with van der Waals surface area (Å²) in [6.07, 6.45) is 7.99. The third kappa shape index (κ3) is 4.78. The minimum Gasteiger partial charge on any atom is -0.356 e. The van der Waals surface area contributed by atoms with Gasteiger partial charge >= 0.3 is 0 Å². The van der Waals surface area contributed by atoms with Crippen LogP contribution in [-0.4, -0.2) is 61.1 Å². The van der Waals surface area contributed by atoms with Crippen molar-refractivity contribution in [2.24, 2.45) is 4.99 Å². The van der Waals surface area contributed by atoms with Crippen LogP contribution in [0.1, 0.15) is 45.4 Å². The minimum absolute atomic E-state index is 0.364. The fraction of sp³-hybridized carbons (Fsp3) is 0.938. The van der Waals surface area contributed by atoms with E-state index in [-0.39, 0.29) is 0 Å². The van der Waals surface area contributed by atoms with Gasteiger partial charge in [-0.05, 0) is 19.3 Å². The lowest BCUT2D eigenvalue weighted by Crippen LogP contribution is -2.59. The second-order valence-corrected chi connectivity index (χ2v) is 7.46. The van der Waals surface area contributed by atoms with Gasteiger partial charge in [-0.3, -0.25) is 9.89 Å². The average molecular weight is 313 g/mol. The molecule has 1 aliphatic carbocycles. The van der Waals surface area contributed by atoms with Crippen molar-refractivity contribution in [3.05, 3.63) is 0 Å². The highest BCUT2D eigenvalue weighted by molar-refractivity contribution is 7.99. The third-order valence-corrected chi connectivity index (χ3v) is 5.76. The molecular formula is C16H32N4S. The molecule has 1 saturated carbocycles. The summed E-state index contributed by atoms with van der Waals surface area (Å²) in [5.74, 6) is 3.56. The summed E-state index contributed by atoms with van der Waals surface area (Å²) < 4.78 is 0. The number of nitrogens with one attached hydrogen (secondary N) is 2. The number of hydrogen-bond acceptors (Lipinski definition) is 3. The fourth-order valence-corrected chi connectivity index (χ4v) is 4.47. The Kier molecular flexibility index (Phi) is 7.17. The molecular weight excluding hydrogens is 280 g/mol. The topological polar surface area (TPSA) is 39.7 Å². The van der Waals surface area contributed by atoms with Crippen LogP contribution in [-0.2, 0) is 0 Å². The first-order valence-electron chi connectivity index (χ1n) is 8.58. The Bertz CT molecular complexity index is 320. The second-order valence-electron chi connectivity index (χ2n) is 6.24. The molecule has 1 saturated heterocycles. The van der Waals surface area contributed by atoms with Gasteiger partial charge in [-0.15, -0.1) is 0 Å². The monoisotopic (exact) mass is 312 g/mol. The fourth-order valence-electron chi connectivity index (χ4n) is 3.56. The summed E-state index contributed by atoms with van der Waals surface area (Å²) in [5.41, 5.74) is 0.364. The molecule has 0 aromatic carbocycles. The molecule has 0 radical (unpaired) electrons. The first-order chi connectivity index (χ1) is 10.3. The van der Waals surface area contributed by atoms with Crippen LogP contribution in [0.25, 0.3) is 0 Å². The normalized spacial score (nSPS) is 23.8. The van der Waals surface area contributed by atoms with Crippen LogP contribution in [0.15, 0.2) is 4.99 Å². The summed E-state index contributed by atoms with van der Waals surface area (Å²) in [6, 6.07) is 0. The molecule has 122 valence electrons. The summed E-state index contributed by atoms with van der Waals surface area (Å²) in [7, 11) is 1.87. The van der Waals surface area contributed by atoms with E-state index in [9.17, 15) is 0 Å². The van der Waals surface area contributed by atoms with Crippen LogP contribution in [0.5, 0.6) is 0 Å². The highest BCUT2D eigenvalue weighted by Gasteiger charge is 2.38. The van der Waals surface area contributed by atoms with Crippen molar-refractivity contribution in [3.8, 4) is 0 Å². The molecule has 1 aliphatic heterocycles. The van der Waals surface area contributed by atoms with E-state index in [1.807, 2.05) is 7.05 Å². The van der Waals surface area contributed by atoms with Gasteiger partial charge in [-0.25, -0.2) is 0 Å². The molecule has 1 heterocycles. The van der Waals surface area contributed by atoms with Gasteiger partial charge in [-0.1, -0.05) is 26.2 Å². The first-order valence-corrected chi connectivity index (χ1v) is 9.73. The number of nitrogens with zero attached hydrogens (tertiary/aromatic N) is 2. The van der Waals surface area contributed by atoms with E-state index in [0.29, 0.717) is 5.54 Å². The zero-order valence-corrected chi connectivity index (χ0v) is 14.6. The lowest BCUT2D eigenvalue weighted by Gasteiger charge is -2.48. The van der Waals surface area contributed by atoms with Crippen LogP contribution in [0.4, 0.5) is 0 Å². The molecule has 0 amide bonds. The molecule has 21 heavy (non-hydrogen) atoms. The molecule has 5 heteroatoms. The number of rotatable bonds is 5. The maximum absolute atomic E-state index is 4.36. The van der Waals surface area contributed by atoms with Gasteiger partial charge in [0.2, 0.25) is 0 Å². The Morgan fingerprint density at radius 3 is 2.48 bits per heavy atom. The Hall–Kier alpha value is -0.420. The second kappa shape index (κ2) is 8.89. The molecule has 0 unspecified atom stereocenters. The average Bonchev–Trinajstić information content (AvgIpc) is 2.57. The van der Waals surface area contributed by atoms with Gasteiger partial charge in [0, 0.05) is 50.3 Å². The van der Waals surface area contributed by atoms with Gasteiger partial charge in [0.15, 0.2) is 5.96 Å². The highest BCUT2D eigenvalue weighted by atomic mass is 32.2. The third-order valence-electron chi connectivity index (χ3n) is 4.82. The Balaban J connectivity index is 1.95. The van der Waals surface area contributed by atoms with E-state index < -0.39 is 0 Å². The van der Waals surface area contributed by atoms with Gasteiger partial charge in [0.25, 0.3) is 0 Å². The van der Waals surface area contributed by atoms with Gasteiger partial charge < -0.3 is 10.6 Å². The number of guanidine groups is 1. The number of aliphatic imine (C=N–C) groups is 1. The van der Waals surface area contributed by atoms with E-state index >= 15 is 0 Å². The molecule has 2 N–H and O–H groups in total. The first kappa shape index (κ1) is 16.9. The number of thioether (sulfide) groups is 1. The zero-order valence-electron chi connectivity index (χ0n) is 13.8. The van der Waals surface area contributed by atoms with Crippen LogP contribution in [0, 0.1) is 0 Å². The van der Waals surface area contributed by atoms with Crippen LogP contribution < -0.4 is 10.6 Å². The van der Waals surface area contributed by atoms with E-state index in [4.69, 9.17) is 0 Å². The summed E-state index contributed by atoms with van der Waals surface area (Å²) in [6.45, 7) is 6.74. The standard InChI is InChI=1S/C16H32N4S/c1-3-9-18-15(17-2)19-14-16(7-5-4-6-8-16)20-10-12-21-13-11-20/h3-14H2,1-2H3,(H2,17,18,19). The summed E-state index contributed by atoms with van der Waals surface area (Å²) in [5, 5.41) is 7.00. The summed E-state index contributed by atoms with van der Waals surface area (Å²) in [4.78, 5) is 7.12. The maximum atomic E-state index is 4.36. The quantitative estimate of drug-likeness (QED) is 0.604. The predicted octanol–water partition coefficient (Wildman–Crippen LogP) is 2.31. The maximum Gasteiger partial charge on any atom is 0.191 e. The Morgan fingerprint density at radius 2 is 1.86 bits per heavy atom. The van der Waals surface area contributed by atoms with Gasteiger partial charge in [0.05, 0.1) is 0 Å². The molecule has 2 rings (SSSR count). The van der Waals surface area contributed by atoms with Crippen LogP contribution in [0.3, 0.4) is 0 Å². The highest BCUT2D eigenvalue weighted by Crippen LogP contribution is 2.34. The zero-order chi connectivity index (χ0) is 15.0. The molecule has 0 atom stereocenters. The number of hydrogen-bond donors (Lipinski definition) is 2. The molecule has 4 nitrogen and oxygen atoms in total. The summed E-state index contributed by atoms with van der Waals surface area (Å²) >= 11 is 2.10. The van der Waals surface area contributed by atoms with E-state index in [1.165, 1.54) is 56.7 Å². The van der Waals surface area contributed by atoms with E-state index in [1.54, 1.807) is 0 Å². The van der Waals surface area contributed by atoms with Crippen molar-refractivity contribution in [2.75, 3.05) is 44.7 Å². The Labute approximate surface area is 134 Å². The van der Waals surface area contributed by atoms with Gasteiger partial charge in [0.1, 0.15) is 0 Å². The van der Waals surface area contributed by atoms with Crippen LogP contribution in [0.2, 0.25) is 0 Å². The predicted molar refractivity (Wildman–Crippen MR) is 94.4 cm³/mol. The minimum atomic E-state index is 0.364. The molecule has 0 bridgehead atoms. The van der Waals surface area contributed by atoms with Crippen molar-refractivity contribution in [1.29, 1.82) is 0 Å².